The lowest BCUT2D eigenvalue weighted by molar-refractivity contribution is -0.107. The average Bonchev–Trinajstić information content (AvgIpc) is 2.13. The molecule has 1 aromatic rings. The Morgan fingerprint density at radius 2 is 2.23 bits per heavy atom. The summed E-state index contributed by atoms with van der Waals surface area (Å²) in [4.78, 5) is 10.1. The zero-order chi connectivity index (χ0) is 9.84. The Labute approximate surface area is 85.1 Å². The molecular weight excluding hydrogens is 235 g/mol. The first-order valence-corrected chi connectivity index (χ1v) is 4.83. The predicted octanol–water partition coefficient (Wildman–Crippen LogP) is 3.03. The molecule has 1 aromatic carbocycles. The van der Waals surface area contributed by atoms with Gasteiger partial charge in [-0.3, -0.25) is 0 Å². The normalized spacial score (nSPS) is 10.1. The summed E-state index contributed by atoms with van der Waals surface area (Å²) in [5, 5.41) is 0. The van der Waals surface area contributed by atoms with E-state index in [2.05, 4.69) is 15.9 Å². The molecule has 0 heterocycles. The van der Waals surface area contributed by atoms with E-state index in [1.807, 2.05) is 0 Å². The van der Waals surface area contributed by atoms with Crippen LogP contribution >= 0.6 is 15.9 Å². The monoisotopic (exact) mass is 244 g/mol. The maximum atomic E-state index is 13.4. The van der Waals surface area contributed by atoms with Crippen molar-refractivity contribution in [2.75, 3.05) is 0 Å². The SMILES string of the molecule is Cc1c(Br)ccc(CCC=O)c1F. The van der Waals surface area contributed by atoms with Gasteiger partial charge in [0.15, 0.2) is 0 Å². The van der Waals surface area contributed by atoms with Gasteiger partial charge >= 0.3 is 0 Å². The Hall–Kier alpha value is -0.700. The summed E-state index contributed by atoms with van der Waals surface area (Å²) in [7, 11) is 0. The number of rotatable bonds is 3. The van der Waals surface area contributed by atoms with E-state index in [0.717, 1.165) is 10.8 Å². The number of hydrogen-bond acceptors (Lipinski definition) is 1. The molecule has 70 valence electrons. The van der Waals surface area contributed by atoms with Crippen LogP contribution in [0.3, 0.4) is 0 Å². The number of benzene rings is 1. The molecule has 0 N–H and O–H groups in total. The van der Waals surface area contributed by atoms with Crippen LogP contribution in [0.5, 0.6) is 0 Å². The van der Waals surface area contributed by atoms with Crippen LogP contribution in [0.2, 0.25) is 0 Å². The maximum Gasteiger partial charge on any atom is 0.130 e. The first kappa shape index (κ1) is 10.4. The van der Waals surface area contributed by atoms with Gasteiger partial charge in [0.25, 0.3) is 0 Å². The molecule has 0 aliphatic rings. The summed E-state index contributed by atoms with van der Waals surface area (Å²) in [6.07, 6.45) is 1.65. The van der Waals surface area contributed by atoms with Crippen LogP contribution < -0.4 is 0 Å². The lowest BCUT2D eigenvalue weighted by atomic mass is 10.1. The minimum atomic E-state index is -0.212. The van der Waals surface area contributed by atoms with Crippen molar-refractivity contribution in [3.05, 3.63) is 33.5 Å². The number of aryl methyl sites for hydroxylation is 1. The second kappa shape index (κ2) is 4.51. The molecule has 3 heteroatoms. The molecule has 0 atom stereocenters. The maximum absolute atomic E-state index is 13.4. The molecule has 0 unspecified atom stereocenters. The summed E-state index contributed by atoms with van der Waals surface area (Å²) >= 11 is 3.24. The molecule has 0 fully saturated rings. The van der Waals surface area contributed by atoms with E-state index in [1.165, 1.54) is 0 Å². The Morgan fingerprint density at radius 1 is 1.54 bits per heavy atom. The van der Waals surface area contributed by atoms with E-state index in [-0.39, 0.29) is 5.82 Å². The van der Waals surface area contributed by atoms with Crippen molar-refractivity contribution in [3.8, 4) is 0 Å². The molecule has 13 heavy (non-hydrogen) atoms. The topological polar surface area (TPSA) is 17.1 Å². The van der Waals surface area contributed by atoms with Crippen molar-refractivity contribution in [3.63, 3.8) is 0 Å². The van der Waals surface area contributed by atoms with Gasteiger partial charge in [-0.25, -0.2) is 4.39 Å². The highest BCUT2D eigenvalue weighted by atomic mass is 79.9. The van der Waals surface area contributed by atoms with Gasteiger partial charge in [0.1, 0.15) is 12.1 Å². The smallest absolute Gasteiger partial charge is 0.130 e. The fourth-order valence-electron chi connectivity index (χ4n) is 1.13. The van der Waals surface area contributed by atoms with Crippen LogP contribution in [0.15, 0.2) is 16.6 Å². The molecule has 1 nitrogen and oxygen atoms in total. The van der Waals surface area contributed by atoms with E-state index in [4.69, 9.17) is 0 Å². The van der Waals surface area contributed by atoms with E-state index in [1.54, 1.807) is 19.1 Å². The van der Waals surface area contributed by atoms with E-state index in [9.17, 15) is 9.18 Å². The molecule has 0 radical (unpaired) electrons. The van der Waals surface area contributed by atoms with Gasteiger partial charge in [0.2, 0.25) is 0 Å². The lowest BCUT2D eigenvalue weighted by Gasteiger charge is -2.05. The molecule has 0 amide bonds. The zero-order valence-electron chi connectivity index (χ0n) is 7.31. The first-order valence-electron chi connectivity index (χ1n) is 4.04. The third-order valence-electron chi connectivity index (χ3n) is 1.93. The van der Waals surface area contributed by atoms with Crippen LogP contribution in [0.25, 0.3) is 0 Å². The first-order chi connectivity index (χ1) is 6.16. The molecular formula is C10H10BrFO. The van der Waals surface area contributed by atoms with E-state index >= 15 is 0 Å². The minimum absolute atomic E-state index is 0.212. The van der Waals surface area contributed by atoms with Crippen molar-refractivity contribution in [2.24, 2.45) is 0 Å². The van der Waals surface area contributed by atoms with Crippen molar-refractivity contribution in [2.45, 2.75) is 19.8 Å². The van der Waals surface area contributed by atoms with Crippen LogP contribution in [0.1, 0.15) is 17.5 Å². The minimum Gasteiger partial charge on any atom is -0.303 e. The fourth-order valence-corrected chi connectivity index (χ4v) is 1.43. The highest BCUT2D eigenvalue weighted by Gasteiger charge is 2.07. The van der Waals surface area contributed by atoms with Crippen LogP contribution in [-0.2, 0) is 11.2 Å². The molecule has 0 saturated heterocycles. The van der Waals surface area contributed by atoms with Gasteiger partial charge < -0.3 is 4.79 Å². The van der Waals surface area contributed by atoms with Crippen molar-refractivity contribution in [1.29, 1.82) is 0 Å². The number of hydrogen-bond donors (Lipinski definition) is 0. The zero-order valence-corrected chi connectivity index (χ0v) is 8.90. The van der Waals surface area contributed by atoms with Gasteiger partial charge in [-0.2, -0.15) is 0 Å². The van der Waals surface area contributed by atoms with Crippen LogP contribution in [-0.4, -0.2) is 6.29 Å². The molecule has 1 rings (SSSR count). The Bertz CT molecular complexity index is 323. The summed E-state index contributed by atoms with van der Waals surface area (Å²) in [5.74, 6) is -0.212. The van der Waals surface area contributed by atoms with Gasteiger partial charge in [0, 0.05) is 10.9 Å². The average molecular weight is 245 g/mol. The lowest BCUT2D eigenvalue weighted by Crippen LogP contribution is -1.95. The number of aldehydes is 1. The van der Waals surface area contributed by atoms with Crippen molar-refractivity contribution >= 4 is 22.2 Å². The number of carbonyl (C=O) groups excluding carboxylic acids is 1. The second-order valence-corrected chi connectivity index (χ2v) is 3.71. The number of halogens is 2. The fraction of sp³-hybridized carbons (Fsp3) is 0.300. The highest BCUT2D eigenvalue weighted by Crippen LogP contribution is 2.22. The third-order valence-corrected chi connectivity index (χ3v) is 2.79. The summed E-state index contributed by atoms with van der Waals surface area (Å²) in [5.41, 5.74) is 1.20. The standard InChI is InChI=1S/C10H10BrFO/c1-7-9(11)5-4-8(10(7)12)3-2-6-13/h4-6H,2-3H2,1H3. The van der Waals surface area contributed by atoms with E-state index < -0.39 is 0 Å². The van der Waals surface area contributed by atoms with Gasteiger partial charge in [-0.05, 0) is 30.5 Å². The molecule has 0 aliphatic carbocycles. The Balaban J connectivity index is 2.96. The molecule has 0 bridgehead atoms. The predicted molar refractivity (Wildman–Crippen MR) is 53.2 cm³/mol. The van der Waals surface area contributed by atoms with Crippen LogP contribution in [0, 0.1) is 12.7 Å². The van der Waals surface area contributed by atoms with Crippen molar-refractivity contribution < 1.29 is 9.18 Å². The second-order valence-electron chi connectivity index (χ2n) is 2.85. The summed E-state index contributed by atoms with van der Waals surface area (Å²) in [6.45, 7) is 1.71. The molecule has 0 aromatic heterocycles. The summed E-state index contributed by atoms with van der Waals surface area (Å²) in [6, 6.07) is 3.51. The van der Waals surface area contributed by atoms with Crippen LogP contribution in [0.4, 0.5) is 4.39 Å². The quantitative estimate of drug-likeness (QED) is 0.748. The van der Waals surface area contributed by atoms with Crippen molar-refractivity contribution in [1.82, 2.24) is 0 Å². The van der Waals surface area contributed by atoms with Gasteiger partial charge in [-0.15, -0.1) is 0 Å². The third kappa shape index (κ3) is 2.37. The van der Waals surface area contributed by atoms with E-state index in [0.29, 0.717) is 24.0 Å². The van der Waals surface area contributed by atoms with Gasteiger partial charge in [-0.1, -0.05) is 22.0 Å². The Kier molecular flexibility index (Phi) is 3.60. The molecule has 0 saturated carbocycles. The summed E-state index contributed by atoms with van der Waals surface area (Å²) < 4.78 is 14.2. The molecule has 0 spiro atoms. The highest BCUT2D eigenvalue weighted by molar-refractivity contribution is 9.10. The van der Waals surface area contributed by atoms with Gasteiger partial charge in [0.05, 0.1) is 0 Å². The number of carbonyl (C=O) groups is 1. The molecule has 0 aliphatic heterocycles. The largest absolute Gasteiger partial charge is 0.303 e. The Morgan fingerprint density at radius 3 is 2.85 bits per heavy atom.